The molecule has 0 radical (unpaired) electrons. The molecule has 0 fully saturated rings. The Morgan fingerprint density at radius 1 is 1.14 bits per heavy atom. The number of benzene rings is 1. The number of Topliss-reactive ketones (excluding diaryl/α,β-unsaturated/α-hetero) is 1. The third-order valence-corrected chi connectivity index (χ3v) is 2.55. The quantitative estimate of drug-likeness (QED) is 0.604. The number of hydrogen-bond donors (Lipinski definition) is 4. The van der Waals surface area contributed by atoms with Crippen molar-refractivity contribution in [2.75, 3.05) is 0 Å². The van der Waals surface area contributed by atoms with Crippen molar-refractivity contribution < 1.29 is 36.8 Å². The second-order valence-electron chi connectivity index (χ2n) is 3.65. The third-order valence-electron chi connectivity index (χ3n) is 2.10. The Morgan fingerprint density at radius 3 is 2.00 bits per heavy atom. The molecule has 0 unspecified atom stereocenters. The van der Waals surface area contributed by atoms with Crippen molar-refractivity contribution in [3.63, 3.8) is 0 Å². The van der Waals surface area contributed by atoms with Crippen molar-refractivity contribution in [3.8, 4) is 5.75 Å². The second-order valence-corrected chi connectivity index (χ2v) is 4.81. The molecular weight excluding hydrogens is 316 g/mol. The van der Waals surface area contributed by atoms with Crippen molar-refractivity contribution in [1.29, 1.82) is 0 Å². The van der Waals surface area contributed by atoms with E-state index in [9.17, 15) is 22.5 Å². The van der Waals surface area contributed by atoms with Crippen LogP contribution in [0.25, 0.3) is 0 Å². The SMILES string of the molecule is N.N.O=C(CCc1ccc(OP(=O)(O)O)cc1)C(F)(F)F. The van der Waals surface area contributed by atoms with E-state index in [1.54, 1.807) is 0 Å². The second kappa shape index (κ2) is 8.11. The molecule has 11 heteroatoms. The molecular formula is C10H16F3N2O5P. The van der Waals surface area contributed by atoms with Crippen LogP contribution in [0, 0.1) is 0 Å². The third kappa shape index (κ3) is 8.43. The van der Waals surface area contributed by atoms with Crippen LogP contribution < -0.4 is 16.8 Å². The van der Waals surface area contributed by atoms with Crippen LogP contribution in [0.2, 0.25) is 0 Å². The zero-order chi connectivity index (χ0) is 14.7. The van der Waals surface area contributed by atoms with E-state index in [1.165, 1.54) is 24.3 Å². The van der Waals surface area contributed by atoms with E-state index in [2.05, 4.69) is 4.52 Å². The fourth-order valence-corrected chi connectivity index (χ4v) is 1.65. The first-order valence-corrected chi connectivity index (χ1v) is 6.55. The van der Waals surface area contributed by atoms with Crippen LogP contribution in [0.1, 0.15) is 12.0 Å². The van der Waals surface area contributed by atoms with E-state index in [0.717, 1.165) is 0 Å². The molecule has 0 saturated heterocycles. The van der Waals surface area contributed by atoms with Crippen molar-refractivity contribution in [2.24, 2.45) is 0 Å². The molecule has 0 atom stereocenters. The number of aryl methyl sites for hydroxylation is 1. The number of alkyl halides is 3. The van der Waals surface area contributed by atoms with E-state index >= 15 is 0 Å². The van der Waals surface area contributed by atoms with Gasteiger partial charge in [-0.3, -0.25) is 14.6 Å². The lowest BCUT2D eigenvalue weighted by molar-refractivity contribution is -0.171. The van der Waals surface area contributed by atoms with Crippen LogP contribution in [0.3, 0.4) is 0 Å². The lowest BCUT2D eigenvalue weighted by Gasteiger charge is -2.08. The van der Waals surface area contributed by atoms with Crippen LogP contribution in [-0.4, -0.2) is 21.7 Å². The van der Waals surface area contributed by atoms with Crippen LogP contribution in [0.4, 0.5) is 13.2 Å². The molecule has 0 spiro atoms. The average molecular weight is 332 g/mol. The lowest BCUT2D eigenvalue weighted by atomic mass is 10.1. The van der Waals surface area contributed by atoms with Gasteiger partial charge in [-0.1, -0.05) is 12.1 Å². The van der Waals surface area contributed by atoms with Gasteiger partial charge in [-0.15, -0.1) is 0 Å². The summed E-state index contributed by atoms with van der Waals surface area (Å²) < 4.78 is 50.6. The van der Waals surface area contributed by atoms with E-state index in [0.29, 0.717) is 5.56 Å². The highest BCUT2D eigenvalue weighted by molar-refractivity contribution is 7.46. The molecule has 1 aromatic rings. The minimum absolute atomic E-state index is 0. The van der Waals surface area contributed by atoms with Crippen molar-refractivity contribution >= 4 is 13.6 Å². The molecule has 21 heavy (non-hydrogen) atoms. The molecule has 0 bridgehead atoms. The van der Waals surface area contributed by atoms with Gasteiger partial charge in [0.2, 0.25) is 5.78 Å². The molecule has 8 N–H and O–H groups in total. The van der Waals surface area contributed by atoms with Gasteiger partial charge in [0, 0.05) is 6.42 Å². The minimum atomic E-state index is -4.84. The number of ketones is 1. The molecule has 7 nitrogen and oxygen atoms in total. The number of carbonyl (C=O) groups is 1. The van der Waals surface area contributed by atoms with Crippen LogP contribution >= 0.6 is 7.82 Å². The molecule has 1 rings (SSSR count). The highest BCUT2D eigenvalue weighted by Crippen LogP contribution is 2.37. The molecule has 0 aliphatic rings. The zero-order valence-electron chi connectivity index (χ0n) is 10.8. The molecule has 0 aliphatic heterocycles. The number of carbonyl (C=O) groups excluding carboxylic acids is 1. The first kappa shape index (κ1) is 21.8. The Morgan fingerprint density at radius 2 is 1.62 bits per heavy atom. The number of halogens is 3. The Hall–Kier alpha value is -1.45. The lowest BCUT2D eigenvalue weighted by Crippen LogP contribution is -2.22. The highest BCUT2D eigenvalue weighted by Gasteiger charge is 2.37. The molecule has 0 saturated carbocycles. The van der Waals surface area contributed by atoms with E-state index < -0.39 is 26.2 Å². The summed E-state index contributed by atoms with van der Waals surface area (Å²) in [6.07, 6.45) is -5.64. The predicted molar refractivity (Wildman–Crippen MR) is 68.5 cm³/mol. The average Bonchev–Trinajstić information content (AvgIpc) is 2.24. The summed E-state index contributed by atoms with van der Waals surface area (Å²) in [7, 11) is -4.66. The largest absolute Gasteiger partial charge is 0.524 e. The van der Waals surface area contributed by atoms with Gasteiger partial charge in [-0.25, -0.2) is 4.57 Å². The van der Waals surface area contributed by atoms with Crippen LogP contribution in [0.15, 0.2) is 24.3 Å². The first-order valence-electron chi connectivity index (χ1n) is 5.02. The van der Waals surface area contributed by atoms with Gasteiger partial charge in [-0.2, -0.15) is 13.2 Å². The van der Waals surface area contributed by atoms with Gasteiger partial charge in [0.25, 0.3) is 0 Å². The topological polar surface area (TPSA) is 154 Å². The van der Waals surface area contributed by atoms with E-state index in [-0.39, 0.29) is 24.5 Å². The summed E-state index contributed by atoms with van der Waals surface area (Å²) in [5, 5.41) is 0. The van der Waals surface area contributed by atoms with Gasteiger partial charge < -0.3 is 16.8 Å². The van der Waals surface area contributed by atoms with Gasteiger partial charge in [0.1, 0.15) is 5.75 Å². The van der Waals surface area contributed by atoms with Gasteiger partial charge in [0.05, 0.1) is 0 Å². The maximum Gasteiger partial charge on any atom is 0.524 e. The van der Waals surface area contributed by atoms with Crippen molar-refractivity contribution in [2.45, 2.75) is 19.0 Å². The van der Waals surface area contributed by atoms with Crippen molar-refractivity contribution in [3.05, 3.63) is 29.8 Å². The van der Waals surface area contributed by atoms with Gasteiger partial charge in [-0.05, 0) is 24.1 Å². The first-order chi connectivity index (χ1) is 8.58. The summed E-state index contributed by atoms with van der Waals surface area (Å²) in [6, 6.07) is 5.06. The summed E-state index contributed by atoms with van der Waals surface area (Å²) in [6.45, 7) is 0. The molecule has 122 valence electrons. The maximum absolute atomic E-state index is 11.9. The number of phosphoric ester groups is 1. The number of phosphoric acid groups is 1. The van der Waals surface area contributed by atoms with E-state index in [1.807, 2.05) is 0 Å². The van der Waals surface area contributed by atoms with Gasteiger partial charge >= 0.3 is 14.0 Å². The normalized spacial score (nSPS) is 11.1. The van der Waals surface area contributed by atoms with Crippen LogP contribution in [-0.2, 0) is 15.8 Å². The smallest absolute Gasteiger partial charge is 0.404 e. The Balaban J connectivity index is 0. The Bertz CT molecular complexity index is 500. The van der Waals surface area contributed by atoms with Crippen LogP contribution in [0.5, 0.6) is 5.75 Å². The number of hydrogen-bond acceptors (Lipinski definition) is 5. The molecule has 0 amide bonds. The Labute approximate surface area is 118 Å². The monoisotopic (exact) mass is 332 g/mol. The summed E-state index contributed by atoms with van der Waals surface area (Å²) in [5.74, 6) is -1.93. The summed E-state index contributed by atoms with van der Waals surface area (Å²) >= 11 is 0. The fourth-order valence-electron chi connectivity index (χ4n) is 1.25. The standard InChI is InChI=1S/C10H10F3O5P.2H3N/c11-10(12,13)9(14)6-3-7-1-4-8(5-2-7)18-19(15,16)17;;/h1-2,4-5H,3,6H2,(H2,15,16,17);2*1H3. The maximum atomic E-state index is 11.9. The molecule has 0 aliphatic carbocycles. The van der Waals surface area contributed by atoms with E-state index in [4.69, 9.17) is 9.79 Å². The molecule has 0 heterocycles. The zero-order valence-corrected chi connectivity index (χ0v) is 11.7. The highest BCUT2D eigenvalue weighted by atomic mass is 31.2. The van der Waals surface area contributed by atoms with Crippen molar-refractivity contribution in [1.82, 2.24) is 12.3 Å². The molecule has 0 aromatic heterocycles. The number of rotatable bonds is 5. The Kier molecular flexibility index (Phi) is 8.43. The summed E-state index contributed by atoms with van der Waals surface area (Å²) in [4.78, 5) is 27.7. The summed E-state index contributed by atoms with van der Waals surface area (Å²) in [5.41, 5.74) is 0.427. The molecule has 1 aromatic carbocycles. The van der Waals surface area contributed by atoms with Gasteiger partial charge in [0.15, 0.2) is 0 Å². The fraction of sp³-hybridized carbons (Fsp3) is 0.300. The predicted octanol–water partition coefficient (Wildman–Crippen LogP) is 2.55. The minimum Gasteiger partial charge on any atom is -0.404 e.